The number of rotatable bonds is 5. The van der Waals surface area contributed by atoms with Gasteiger partial charge >= 0.3 is 11.9 Å². The Bertz CT molecular complexity index is 694. The standard InChI is InChI=1S/C14H14N2O5S/c1-3-20-12(18)9-7-16(14-15-5-6-22-14)8-10(11(9)17)13(19)21-4-2/h5-8H,3-4H2,1-2H3. The molecule has 7 nitrogen and oxygen atoms in total. The van der Waals surface area contributed by atoms with Crippen molar-refractivity contribution in [1.29, 1.82) is 0 Å². The molecule has 2 rings (SSSR count). The number of carbonyl (C=O) groups is 2. The summed E-state index contributed by atoms with van der Waals surface area (Å²) < 4.78 is 11.1. The van der Waals surface area contributed by atoms with Crippen LogP contribution in [0.2, 0.25) is 0 Å². The highest BCUT2D eigenvalue weighted by atomic mass is 32.1. The Kier molecular flexibility index (Phi) is 5.05. The molecule has 0 aliphatic heterocycles. The molecule has 116 valence electrons. The Morgan fingerprint density at radius 1 is 1.14 bits per heavy atom. The van der Waals surface area contributed by atoms with E-state index >= 15 is 0 Å². The molecule has 0 atom stereocenters. The quantitative estimate of drug-likeness (QED) is 0.778. The molecule has 2 aromatic rings. The van der Waals surface area contributed by atoms with Gasteiger partial charge in [0.05, 0.1) is 13.2 Å². The largest absolute Gasteiger partial charge is 0.462 e. The normalized spacial score (nSPS) is 10.3. The van der Waals surface area contributed by atoms with E-state index in [1.54, 1.807) is 25.4 Å². The molecule has 0 aromatic carbocycles. The predicted octanol–water partition coefficient (Wildman–Crippen LogP) is 1.65. The van der Waals surface area contributed by atoms with Crippen LogP contribution in [0.3, 0.4) is 0 Å². The molecule has 0 aliphatic carbocycles. The number of pyridine rings is 1. The van der Waals surface area contributed by atoms with E-state index < -0.39 is 17.4 Å². The SMILES string of the molecule is CCOC(=O)c1cn(-c2nccs2)cc(C(=O)OCC)c1=O. The zero-order chi connectivity index (χ0) is 16.1. The molecule has 2 aromatic heterocycles. The van der Waals surface area contributed by atoms with Crippen LogP contribution in [0.4, 0.5) is 0 Å². The Hall–Kier alpha value is -2.48. The van der Waals surface area contributed by atoms with Gasteiger partial charge in [-0.1, -0.05) is 0 Å². The summed E-state index contributed by atoms with van der Waals surface area (Å²) in [4.78, 5) is 40.2. The van der Waals surface area contributed by atoms with Crippen molar-refractivity contribution in [1.82, 2.24) is 9.55 Å². The molecule has 0 N–H and O–H groups in total. The molecule has 0 aliphatic rings. The lowest BCUT2D eigenvalue weighted by Crippen LogP contribution is -2.26. The average molecular weight is 322 g/mol. The van der Waals surface area contributed by atoms with Gasteiger partial charge in [-0.25, -0.2) is 14.6 Å². The van der Waals surface area contributed by atoms with Crippen molar-refractivity contribution in [3.63, 3.8) is 0 Å². The number of nitrogens with zero attached hydrogens (tertiary/aromatic N) is 2. The summed E-state index contributed by atoms with van der Waals surface area (Å²) in [5.74, 6) is -1.58. The van der Waals surface area contributed by atoms with Crippen molar-refractivity contribution in [2.24, 2.45) is 0 Å². The van der Waals surface area contributed by atoms with E-state index in [1.807, 2.05) is 0 Å². The van der Waals surface area contributed by atoms with Crippen LogP contribution in [-0.2, 0) is 9.47 Å². The molecule has 22 heavy (non-hydrogen) atoms. The average Bonchev–Trinajstić information content (AvgIpc) is 3.02. The highest BCUT2D eigenvalue weighted by Crippen LogP contribution is 2.13. The summed E-state index contributed by atoms with van der Waals surface area (Å²) in [6.45, 7) is 3.51. The number of hydrogen-bond donors (Lipinski definition) is 0. The van der Waals surface area contributed by atoms with Crippen molar-refractivity contribution in [2.75, 3.05) is 13.2 Å². The third kappa shape index (κ3) is 3.22. The van der Waals surface area contributed by atoms with Crippen molar-refractivity contribution in [3.05, 3.63) is 45.3 Å². The van der Waals surface area contributed by atoms with Crippen LogP contribution in [-0.4, -0.2) is 34.7 Å². The highest BCUT2D eigenvalue weighted by molar-refractivity contribution is 7.12. The molecule has 0 radical (unpaired) electrons. The second-order valence-electron chi connectivity index (χ2n) is 4.08. The van der Waals surface area contributed by atoms with Crippen LogP contribution in [0.5, 0.6) is 0 Å². The molecule has 0 bridgehead atoms. The Morgan fingerprint density at radius 3 is 2.09 bits per heavy atom. The maximum atomic E-state index is 12.3. The van der Waals surface area contributed by atoms with Crippen molar-refractivity contribution in [2.45, 2.75) is 13.8 Å². The summed E-state index contributed by atoms with van der Waals surface area (Å²) in [5, 5.41) is 2.25. The van der Waals surface area contributed by atoms with Crippen LogP contribution in [0.1, 0.15) is 34.6 Å². The maximum Gasteiger partial charge on any atom is 0.343 e. The first-order valence-corrected chi connectivity index (χ1v) is 7.46. The van der Waals surface area contributed by atoms with Gasteiger partial charge in [0.15, 0.2) is 5.13 Å². The maximum absolute atomic E-state index is 12.3. The van der Waals surface area contributed by atoms with Gasteiger partial charge in [0.1, 0.15) is 11.1 Å². The number of thiazole rings is 1. The number of hydrogen-bond acceptors (Lipinski definition) is 7. The summed E-state index contributed by atoms with van der Waals surface area (Å²) in [7, 11) is 0. The van der Waals surface area contributed by atoms with Crippen LogP contribution in [0.15, 0.2) is 28.8 Å². The fourth-order valence-corrected chi connectivity index (χ4v) is 2.33. The van der Waals surface area contributed by atoms with E-state index in [9.17, 15) is 14.4 Å². The molecule has 2 heterocycles. The zero-order valence-corrected chi connectivity index (χ0v) is 12.9. The van der Waals surface area contributed by atoms with Gasteiger partial charge in [-0.15, -0.1) is 11.3 Å². The minimum atomic E-state index is -0.788. The van der Waals surface area contributed by atoms with E-state index in [-0.39, 0.29) is 24.3 Å². The molecule has 0 saturated carbocycles. The molecule has 0 amide bonds. The van der Waals surface area contributed by atoms with E-state index in [4.69, 9.17) is 9.47 Å². The van der Waals surface area contributed by atoms with Gasteiger partial charge in [0, 0.05) is 24.0 Å². The highest BCUT2D eigenvalue weighted by Gasteiger charge is 2.21. The minimum Gasteiger partial charge on any atom is -0.462 e. The van der Waals surface area contributed by atoms with E-state index in [0.29, 0.717) is 5.13 Å². The Labute approximate surface area is 130 Å². The van der Waals surface area contributed by atoms with Crippen LogP contribution < -0.4 is 5.43 Å². The van der Waals surface area contributed by atoms with Gasteiger partial charge in [-0.05, 0) is 13.8 Å². The minimum absolute atomic E-state index is 0.124. The lowest BCUT2D eigenvalue weighted by molar-refractivity contribution is 0.0520. The summed E-state index contributed by atoms with van der Waals surface area (Å²) >= 11 is 1.30. The molecule has 0 saturated heterocycles. The zero-order valence-electron chi connectivity index (χ0n) is 12.1. The van der Waals surface area contributed by atoms with Crippen LogP contribution in [0.25, 0.3) is 5.13 Å². The first-order chi connectivity index (χ1) is 10.6. The topological polar surface area (TPSA) is 87.5 Å². The van der Waals surface area contributed by atoms with Gasteiger partial charge < -0.3 is 9.47 Å². The first-order valence-electron chi connectivity index (χ1n) is 6.58. The second-order valence-corrected chi connectivity index (χ2v) is 4.95. The van der Waals surface area contributed by atoms with Crippen molar-refractivity contribution < 1.29 is 19.1 Å². The molecular formula is C14H14N2O5S. The smallest absolute Gasteiger partial charge is 0.343 e. The number of aromatic nitrogens is 2. The number of esters is 2. The van der Waals surface area contributed by atoms with Gasteiger partial charge in [0.2, 0.25) is 5.43 Å². The molecule has 0 fully saturated rings. The number of carbonyl (C=O) groups excluding carboxylic acids is 2. The monoisotopic (exact) mass is 322 g/mol. The Balaban J connectivity index is 2.60. The third-order valence-corrected chi connectivity index (χ3v) is 3.44. The van der Waals surface area contributed by atoms with Crippen LogP contribution in [0, 0.1) is 0 Å². The van der Waals surface area contributed by atoms with E-state index in [1.165, 1.54) is 28.3 Å². The van der Waals surface area contributed by atoms with Crippen molar-refractivity contribution >= 4 is 23.3 Å². The van der Waals surface area contributed by atoms with Crippen LogP contribution >= 0.6 is 11.3 Å². The molecule has 0 unspecified atom stereocenters. The van der Waals surface area contributed by atoms with Gasteiger partial charge in [-0.2, -0.15) is 0 Å². The van der Waals surface area contributed by atoms with Gasteiger partial charge in [0.25, 0.3) is 0 Å². The summed E-state index contributed by atoms with van der Waals surface area (Å²) in [5.41, 5.74) is -1.19. The molecule has 8 heteroatoms. The van der Waals surface area contributed by atoms with E-state index in [0.717, 1.165) is 0 Å². The Morgan fingerprint density at radius 2 is 1.68 bits per heavy atom. The fourth-order valence-electron chi connectivity index (χ4n) is 1.74. The lowest BCUT2D eigenvalue weighted by atomic mass is 10.2. The molecular weight excluding hydrogens is 308 g/mol. The first kappa shape index (κ1) is 15.9. The van der Waals surface area contributed by atoms with Crippen molar-refractivity contribution in [3.8, 4) is 5.13 Å². The van der Waals surface area contributed by atoms with E-state index in [2.05, 4.69) is 4.98 Å². The van der Waals surface area contributed by atoms with Gasteiger partial charge in [-0.3, -0.25) is 9.36 Å². The lowest BCUT2D eigenvalue weighted by Gasteiger charge is -2.09. The third-order valence-electron chi connectivity index (χ3n) is 2.66. The summed E-state index contributed by atoms with van der Waals surface area (Å²) in [6, 6.07) is 0. The fraction of sp³-hybridized carbons (Fsp3) is 0.286. The summed E-state index contributed by atoms with van der Waals surface area (Å²) in [6.07, 6.45) is 4.19. The number of ether oxygens (including phenoxy) is 2. The molecule has 0 spiro atoms. The second kappa shape index (κ2) is 6.99. The predicted molar refractivity (Wildman–Crippen MR) is 79.6 cm³/mol.